The number of carbonyl (C=O) groups excluding carboxylic acids is 1. The molecule has 1 unspecified atom stereocenters. The first kappa shape index (κ1) is 12.8. The summed E-state index contributed by atoms with van der Waals surface area (Å²) in [7, 11) is 0. The molecule has 1 aliphatic heterocycles. The fraction of sp³-hybridized carbons (Fsp3) is 0.308. The monoisotopic (exact) mass is 267 g/mol. The van der Waals surface area contributed by atoms with Crippen LogP contribution in [0.15, 0.2) is 36.6 Å². The topological polar surface area (TPSA) is 47.6 Å². The van der Waals surface area contributed by atoms with Crippen LogP contribution in [0.1, 0.15) is 12.8 Å². The molecule has 0 aromatic heterocycles. The van der Waals surface area contributed by atoms with Gasteiger partial charge in [-0.1, -0.05) is 17.7 Å². The minimum atomic E-state index is -0.504. The number of halogens is 1. The van der Waals surface area contributed by atoms with Crippen molar-refractivity contribution in [3.05, 3.63) is 41.6 Å². The van der Waals surface area contributed by atoms with E-state index in [1.807, 2.05) is 6.08 Å². The first-order valence-electron chi connectivity index (χ1n) is 5.74. The number of carbonyl (C=O) groups is 1. The highest BCUT2D eigenvalue weighted by Gasteiger charge is 2.13. The Morgan fingerprint density at radius 1 is 1.56 bits per heavy atom. The Morgan fingerprint density at radius 2 is 2.44 bits per heavy atom. The van der Waals surface area contributed by atoms with Gasteiger partial charge in [0.2, 0.25) is 0 Å². The van der Waals surface area contributed by atoms with Gasteiger partial charge < -0.3 is 9.47 Å². The van der Waals surface area contributed by atoms with Crippen molar-refractivity contribution in [2.24, 2.45) is 0 Å². The molecule has 0 saturated carbocycles. The fourth-order valence-electron chi connectivity index (χ4n) is 1.60. The summed E-state index contributed by atoms with van der Waals surface area (Å²) in [6.45, 7) is 0.247. The van der Waals surface area contributed by atoms with Crippen LogP contribution < -0.4 is 5.32 Å². The van der Waals surface area contributed by atoms with Crippen LogP contribution in [0.4, 0.5) is 10.5 Å². The second-order valence-electron chi connectivity index (χ2n) is 3.94. The molecule has 1 N–H and O–H groups in total. The number of nitrogens with one attached hydrogen (secondary N) is 1. The number of hydrogen-bond acceptors (Lipinski definition) is 3. The van der Waals surface area contributed by atoms with Gasteiger partial charge in [0.1, 0.15) is 12.7 Å². The van der Waals surface area contributed by atoms with E-state index in [-0.39, 0.29) is 12.7 Å². The summed E-state index contributed by atoms with van der Waals surface area (Å²) in [5.41, 5.74) is 0.608. The van der Waals surface area contributed by atoms with Gasteiger partial charge in [0, 0.05) is 10.7 Å². The number of anilines is 1. The first-order valence-corrected chi connectivity index (χ1v) is 6.11. The molecule has 0 fully saturated rings. The third-order valence-electron chi connectivity index (χ3n) is 2.49. The SMILES string of the molecule is O=C(Nc1cccc(Cl)c1)OCC1CCC=CO1. The lowest BCUT2D eigenvalue weighted by Crippen LogP contribution is -2.24. The summed E-state index contributed by atoms with van der Waals surface area (Å²) in [6.07, 6.45) is 4.84. The molecule has 1 aromatic carbocycles. The van der Waals surface area contributed by atoms with Crippen LogP contribution in [0.2, 0.25) is 5.02 Å². The average molecular weight is 268 g/mol. The molecule has 1 heterocycles. The Balaban J connectivity index is 1.76. The second-order valence-corrected chi connectivity index (χ2v) is 4.38. The standard InChI is InChI=1S/C13H14ClNO3/c14-10-4-3-5-11(8-10)15-13(16)18-9-12-6-1-2-7-17-12/h2-5,7-8,12H,1,6,9H2,(H,15,16). The maximum Gasteiger partial charge on any atom is 0.411 e. The van der Waals surface area contributed by atoms with Crippen LogP contribution in [0.25, 0.3) is 0 Å². The summed E-state index contributed by atoms with van der Waals surface area (Å²) in [4.78, 5) is 11.5. The van der Waals surface area contributed by atoms with E-state index in [9.17, 15) is 4.79 Å². The number of allylic oxidation sites excluding steroid dienone is 1. The summed E-state index contributed by atoms with van der Waals surface area (Å²) >= 11 is 5.81. The van der Waals surface area contributed by atoms with Crippen molar-refractivity contribution in [1.82, 2.24) is 0 Å². The molecule has 4 nitrogen and oxygen atoms in total. The van der Waals surface area contributed by atoms with Crippen molar-refractivity contribution in [2.45, 2.75) is 18.9 Å². The molecular formula is C13H14ClNO3. The molecule has 18 heavy (non-hydrogen) atoms. The van der Waals surface area contributed by atoms with Gasteiger partial charge in [-0.25, -0.2) is 4.79 Å². The van der Waals surface area contributed by atoms with Gasteiger partial charge >= 0.3 is 6.09 Å². The molecule has 5 heteroatoms. The van der Waals surface area contributed by atoms with Crippen molar-refractivity contribution in [3.8, 4) is 0 Å². The van der Waals surface area contributed by atoms with Crippen molar-refractivity contribution in [3.63, 3.8) is 0 Å². The molecule has 0 radical (unpaired) electrons. The van der Waals surface area contributed by atoms with Gasteiger partial charge in [0.05, 0.1) is 6.26 Å². The summed E-state index contributed by atoms with van der Waals surface area (Å²) < 4.78 is 10.4. The quantitative estimate of drug-likeness (QED) is 0.910. The summed E-state index contributed by atoms with van der Waals surface area (Å²) in [5, 5.41) is 3.17. The molecule has 1 aliphatic rings. The third kappa shape index (κ3) is 3.96. The highest BCUT2D eigenvalue weighted by atomic mass is 35.5. The van der Waals surface area contributed by atoms with E-state index < -0.39 is 6.09 Å². The molecule has 0 saturated heterocycles. The number of ether oxygens (including phenoxy) is 2. The number of amides is 1. The molecule has 1 amide bonds. The Hall–Kier alpha value is -1.68. The lowest BCUT2D eigenvalue weighted by Gasteiger charge is -2.19. The van der Waals surface area contributed by atoms with Crippen LogP contribution in [0.3, 0.4) is 0 Å². The Morgan fingerprint density at radius 3 is 3.17 bits per heavy atom. The fourth-order valence-corrected chi connectivity index (χ4v) is 1.79. The van der Waals surface area contributed by atoms with Crippen LogP contribution in [-0.2, 0) is 9.47 Å². The van der Waals surface area contributed by atoms with Crippen molar-refractivity contribution >= 4 is 23.4 Å². The molecular weight excluding hydrogens is 254 g/mol. The largest absolute Gasteiger partial charge is 0.495 e. The molecule has 96 valence electrons. The van der Waals surface area contributed by atoms with E-state index in [1.54, 1.807) is 30.5 Å². The van der Waals surface area contributed by atoms with Gasteiger partial charge in [0.25, 0.3) is 0 Å². The van der Waals surface area contributed by atoms with Gasteiger partial charge in [-0.05, 0) is 37.1 Å². The summed E-state index contributed by atoms with van der Waals surface area (Å²) in [5.74, 6) is 0. The zero-order valence-corrected chi connectivity index (χ0v) is 10.5. The highest BCUT2D eigenvalue weighted by Crippen LogP contribution is 2.15. The van der Waals surface area contributed by atoms with E-state index in [2.05, 4.69) is 5.32 Å². The maximum atomic E-state index is 11.5. The van der Waals surface area contributed by atoms with Crippen molar-refractivity contribution < 1.29 is 14.3 Å². The minimum absolute atomic E-state index is 0.0555. The van der Waals surface area contributed by atoms with Crippen molar-refractivity contribution in [2.75, 3.05) is 11.9 Å². The van der Waals surface area contributed by atoms with Crippen LogP contribution >= 0.6 is 11.6 Å². The predicted molar refractivity (Wildman–Crippen MR) is 69.7 cm³/mol. The lowest BCUT2D eigenvalue weighted by molar-refractivity contribution is 0.0512. The Bertz CT molecular complexity index is 448. The smallest absolute Gasteiger partial charge is 0.411 e. The van der Waals surface area contributed by atoms with Gasteiger partial charge in [0.15, 0.2) is 0 Å². The molecule has 0 spiro atoms. The van der Waals surface area contributed by atoms with Crippen LogP contribution in [0.5, 0.6) is 0 Å². The molecule has 1 aromatic rings. The molecule has 0 aliphatic carbocycles. The molecule has 2 rings (SSSR count). The maximum absolute atomic E-state index is 11.5. The minimum Gasteiger partial charge on any atom is -0.495 e. The van der Waals surface area contributed by atoms with Gasteiger partial charge in [-0.15, -0.1) is 0 Å². The van der Waals surface area contributed by atoms with E-state index in [0.29, 0.717) is 10.7 Å². The molecule has 1 atom stereocenters. The highest BCUT2D eigenvalue weighted by molar-refractivity contribution is 6.30. The van der Waals surface area contributed by atoms with Gasteiger partial charge in [-0.3, -0.25) is 5.32 Å². The van der Waals surface area contributed by atoms with E-state index in [0.717, 1.165) is 12.8 Å². The van der Waals surface area contributed by atoms with Gasteiger partial charge in [-0.2, -0.15) is 0 Å². The zero-order chi connectivity index (χ0) is 12.8. The summed E-state index contributed by atoms with van der Waals surface area (Å²) in [6, 6.07) is 6.89. The van der Waals surface area contributed by atoms with Crippen LogP contribution in [-0.4, -0.2) is 18.8 Å². The lowest BCUT2D eigenvalue weighted by atomic mass is 10.2. The zero-order valence-electron chi connectivity index (χ0n) is 9.77. The van der Waals surface area contributed by atoms with E-state index in [4.69, 9.17) is 21.1 Å². The second kappa shape index (κ2) is 6.31. The first-order chi connectivity index (χ1) is 8.74. The Kier molecular flexibility index (Phi) is 4.47. The predicted octanol–water partition coefficient (Wildman–Crippen LogP) is 3.58. The Labute approximate surface area is 111 Å². The normalized spacial score (nSPS) is 17.9. The van der Waals surface area contributed by atoms with Crippen molar-refractivity contribution in [1.29, 1.82) is 0 Å². The number of hydrogen-bond donors (Lipinski definition) is 1. The van der Waals surface area contributed by atoms with E-state index >= 15 is 0 Å². The average Bonchev–Trinajstić information content (AvgIpc) is 2.38. The van der Waals surface area contributed by atoms with E-state index in [1.165, 1.54) is 0 Å². The molecule has 0 bridgehead atoms. The number of rotatable bonds is 3. The third-order valence-corrected chi connectivity index (χ3v) is 2.73. The number of benzene rings is 1. The van der Waals surface area contributed by atoms with Crippen LogP contribution in [0, 0.1) is 0 Å².